The second kappa shape index (κ2) is 6.20. The van der Waals surface area contributed by atoms with Gasteiger partial charge in [-0.1, -0.05) is 30.3 Å². The first-order valence-electron chi connectivity index (χ1n) is 7.05. The molecule has 0 saturated carbocycles. The number of benzene rings is 1. The molecule has 1 aromatic rings. The Morgan fingerprint density at radius 1 is 1.29 bits per heavy atom. The Morgan fingerprint density at radius 2 is 1.86 bits per heavy atom. The van der Waals surface area contributed by atoms with Gasteiger partial charge in [-0.25, -0.2) is 4.79 Å². The lowest BCUT2D eigenvalue weighted by Gasteiger charge is -2.39. The molecule has 2 rings (SSSR count). The number of hydrogen-bond acceptors (Lipinski definition) is 4. The number of amides is 1. The van der Waals surface area contributed by atoms with Crippen molar-refractivity contribution in [2.24, 2.45) is 0 Å². The van der Waals surface area contributed by atoms with Crippen molar-refractivity contribution in [1.82, 2.24) is 4.90 Å². The third-order valence-electron chi connectivity index (χ3n) is 4.03. The zero-order valence-corrected chi connectivity index (χ0v) is 13.4. The first-order valence-corrected chi connectivity index (χ1v) is 9.65. The number of likely N-dealkylation sites (tertiary alicyclic amines) is 1. The Labute approximate surface area is 125 Å². The van der Waals surface area contributed by atoms with Crippen LogP contribution in [0.5, 0.6) is 0 Å². The molecule has 1 aliphatic heterocycles. The first kappa shape index (κ1) is 16.1. The van der Waals surface area contributed by atoms with E-state index in [-0.39, 0.29) is 12.7 Å². The van der Waals surface area contributed by atoms with E-state index in [1.165, 1.54) is 0 Å². The van der Waals surface area contributed by atoms with Crippen LogP contribution in [0.4, 0.5) is 4.79 Å². The monoisotopic (exact) mass is 311 g/mol. The van der Waals surface area contributed by atoms with Gasteiger partial charge in [-0.3, -0.25) is 0 Å². The fourth-order valence-electron chi connectivity index (χ4n) is 2.40. The Hall–Kier alpha value is -1.32. The van der Waals surface area contributed by atoms with Crippen LogP contribution in [0.25, 0.3) is 0 Å². The third-order valence-corrected chi connectivity index (χ3v) is 6.48. The average molecular weight is 311 g/mol. The van der Waals surface area contributed by atoms with Crippen LogP contribution in [0.2, 0.25) is 0 Å². The van der Waals surface area contributed by atoms with E-state index in [0.717, 1.165) is 5.56 Å². The van der Waals surface area contributed by atoms with Crippen molar-refractivity contribution in [3.05, 3.63) is 35.9 Å². The van der Waals surface area contributed by atoms with Crippen LogP contribution in [0.15, 0.2) is 30.3 Å². The standard InChI is InChI=1S/C15H22NO4P/c1-21(2,19)15(18)8-10-16(11-9-15)14(17)20-12-13-6-4-3-5-7-13/h3-7,18H,8-12H2,1-2H3. The molecule has 0 spiro atoms. The summed E-state index contributed by atoms with van der Waals surface area (Å²) in [6, 6.07) is 9.48. The van der Waals surface area contributed by atoms with E-state index in [1.807, 2.05) is 30.3 Å². The van der Waals surface area contributed by atoms with Crippen LogP contribution in [0.1, 0.15) is 18.4 Å². The summed E-state index contributed by atoms with van der Waals surface area (Å²) in [7, 11) is -2.60. The van der Waals surface area contributed by atoms with Crippen LogP contribution >= 0.6 is 7.14 Å². The molecular formula is C15H22NO4P. The Kier molecular flexibility index (Phi) is 4.74. The topological polar surface area (TPSA) is 66.8 Å². The molecular weight excluding hydrogens is 289 g/mol. The van der Waals surface area contributed by atoms with Gasteiger partial charge in [-0.2, -0.15) is 0 Å². The van der Waals surface area contributed by atoms with Gasteiger partial charge < -0.3 is 19.3 Å². The van der Waals surface area contributed by atoms with Gasteiger partial charge in [0.15, 0.2) is 0 Å². The molecule has 1 fully saturated rings. The van der Waals surface area contributed by atoms with E-state index < -0.39 is 12.5 Å². The van der Waals surface area contributed by atoms with E-state index in [0.29, 0.717) is 25.9 Å². The van der Waals surface area contributed by atoms with Crippen molar-refractivity contribution < 1.29 is 19.2 Å². The van der Waals surface area contributed by atoms with Crippen LogP contribution in [-0.2, 0) is 15.9 Å². The number of rotatable bonds is 3. The number of carbonyl (C=O) groups excluding carboxylic acids is 1. The summed E-state index contributed by atoms with van der Waals surface area (Å²) in [5, 5.41) is 9.22. The number of aliphatic hydroxyl groups is 1. The zero-order chi connectivity index (χ0) is 15.5. The van der Waals surface area contributed by atoms with Gasteiger partial charge in [0.2, 0.25) is 0 Å². The highest BCUT2D eigenvalue weighted by Crippen LogP contribution is 2.54. The lowest BCUT2D eigenvalue weighted by molar-refractivity contribution is 0.0332. The van der Waals surface area contributed by atoms with Crippen LogP contribution in [0, 0.1) is 0 Å². The van der Waals surface area contributed by atoms with Crippen molar-refractivity contribution in [1.29, 1.82) is 0 Å². The summed E-state index contributed by atoms with van der Waals surface area (Å²) in [5.41, 5.74) is 0.936. The van der Waals surface area contributed by atoms with Gasteiger partial charge in [0.25, 0.3) is 0 Å². The summed E-state index contributed by atoms with van der Waals surface area (Å²) in [5.74, 6) is 0. The maximum atomic E-state index is 12.1. The van der Waals surface area contributed by atoms with E-state index in [4.69, 9.17) is 4.74 Å². The lowest BCUT2D eigenvalue weighted by Crippen LogP contribution is -2.46. The molecule has 5 nitrogen and oxygen atoms in total. The normalized spacial score (nSPS) is 18.3. The second-order valence-electron chi connectivity index (χ2n) is 5.86. The summed E-state index contributed by atoms with van der Waals surface area (Å²) < 4.78 is 17.4. The van der Waals surface area contributed by atoms with E-state index >= 15 is 0 Å². The number of piperidine rings is 1. The van der Waals surface area contributed by atoms with Crippen molar-refractivity contribution in [3.8, 4) is 0 Å². The number of nitrogens with zero attached hydrogens (tertiary/aromatic N) is 1. The minimum atomic E-state index is -2.60. The fourth-order valence-corrected chi connectivity index (χ4v) is 3.67. The van der Waals surface area contributed by atoms with E-state index in [2.05, 4.69) is 0 Å². The molecule has 1 amide bonds. The van der Waals surface area contributed by atoms with Gasteiger partial charge in [-0.15, -0.1) is 0 Å². The lowest BCUT2D eigenvalue weighted by atomic mass is 10.1. The molecule has 21 heavy (non-hydrogen) atoms. The summed E-state index contributed by atoms with van der Waals surface area (Å²) in [6.45, 7) is 4.17. The molecule has 0 bridgehead atoms. The number of carbonyl (C=O) groups is 1. The third kappa shape index (κ3) is 3.86. The minimum absolute atomic E-state index is 0.237. The molecule has 1 aromatic carbocycles. The molecule has 1 saturated heterocycles. The molecule has 1 heterocycles. The summed E-state index contributed by atoms with van der Waals surface area (Å²) in [4.78, 5) is 13.5. The Balaban J connectivity index is 1.85. The molecule has 6 heteroatoms. The SMILES string of the molecule is CP(C)(=O)C1(O)CCN(C(=O)OCc2ccccc2)CC1. The molecule has 116 valence electrons. The molecule has 0 aromatic heterocycles. The number of ether oxygens (including phenoxy) is 1. The average Bonchev–Trinajstić information content (AvgIpc) is 2.45. The van der Waals surface area contributed by atoms with Crippen LogP contribution in [-0.4, -0.2) is 47.9 Å². The van der Waals surface area contributed by atoms with Gasteiger partial charge in [0.1, 0.15) is 19.1 Å². The van der Waals surface area contributed by atoms with Gasteiger partial charge in [0.05, 0.1) is 0 Å². The smallest absolute Gasteiger partial charge is 0.410 e. The second-order valence-corrected chi connectivity index (χ2v) is 9.39. The van der Waals surface area contributed by atoms with Gasteiger partial charge in [0, 0.05) is 25.9 Å². The van der Waals surface area contributed by atoms with Crippen molar-refractivity contribution in [2.45, 2.75) is 24.8 Å². The van der Waals surface area contributed by atoms with Gasteiger partial charge >= 0.3 is 6.09 Å². The summed E-state index contributed by atoms with van der Waals surface area (Å²) >= 11 is 0. The zero-order valence-electron chi connectivity index (χ0n) is 12.5. The highest BCUT2D eigenvalue weighted by atomic mass is 31.2. The highest BCUT2D eigenvalue weighted by Gasteiger charge is 2.43. The molecule has 0 unspecified atom stereocenters. The van der Waals surface area contributed by atoms with Gasteiger partial charge in [-0.05, 0) is 18.9 Å². The maximum Gasteiger partial charge on any atom is 0.410 e. The Bertz CT molecular complexity index is 532. The van der Waals surface area contributed by atoms with E-state index in [1.54, 1.807) is 18.2 Å². The molecule has 1 N–H and O–H groups in total. The molecule has 0 atom stereocenters. The molecule has 0 radical (unpaired) electrons. The maximum absolute atomic E-state index is 12.1. The highest BCUT2D eigenvalue weighted by molar-refractivity contribution is 7.63. The molecule has 1 aliphatic rings. The largest absolute Gasteiger partial charge is 0.445 e. The number of hydrogen-bond donors (Lipinski definition) is 1. The molecule has 0 aliphatic carbocycles. The first-order chi connectivity index (χ1) is 9.82. The predicted molar refractivity (Wildman–Crippen MR) is 81.8 cm³/mol. The van der Waals surface area contributed by atoms with Crippen molar-refractivity contribution in [3.63, 3.8) is 0 Å². The van der Waals surface area contributed by atoms with Crippen LogP contribution in [0.3, 0.4) is 0 Å². The minimum Gasteiger partial charge on any atom is -0.445 e. The van der Waals surface area contributed by atoms with E-state index in [9.17, 15) is 14.5 Å². The summed E-state index contributed by atoms with van der Waals surface area (Å²) in [6.07, 6.45) is 0.276. The van der Waals surface area contributed by atoms with Crippen molar-refractivity contribution in [2.75, 3.05) is 26.4 Å². The van der Waals surface area contributed by atoms with Crippen LogP contribution < -0.4 is 0 Å². The quantitative estimate of drug-likeness (QED) is 0.872. The fraction of sp³-hybridized carbons (Fsp3) is 0.533. The van der Waals surface area contributed by atoms with Crippen molar-refractivity contribution >= 4 is 13.2 Å². The predicted octanol–water partition coefficient (Wildman–Crippen LogP) is 2.73. The Morgan fingerprint density at radius 3 is 2.38 bits per heavy atom.